The Hall–Kier alpha value is -0.950. The minimum absolute atomic E-state index is 0.0399. The van der Waals surface area contributed by atoms with Gasteiger partial charge in [-0.2, -0.15) is 0 Å². The van der Waals surface area contributed by atoms with E-state index >= 15 is 0 Å². The summed E-state index contributed by atoms with van der Waals surface area (Å²) in [5, 5.41) is 10.3. The van der Waals surface area contributed by atoms with Crippen LogP contribution in [-0.4, -0.2) is 21.3 Å². The third-order valence-corrected chi connectivity index (χ3v) is 3.04. The third-order valence-electron chi connectivity index (χ3n) is 2.18. The average molecular weight is 316 g/mol. The van der Waals surface area contributed by atoms with Crippen LogP contribution in [0, 0.1) is 3.57 Å². The van der Waals surface area contributed by atoms with Crippen LogP contribution in [0.4, 0.5) is 0 Å². The fourth-order valence-electron chi connectivity index (χ4n) is 1.47. The Kier molecular flexibility index (Phi) is 3.01. The molecule has 0 aliphatic heterocycles. The molecule has 0 saturated carbocycles. The molecule has 4 nitrogen and oxygen atoms in total. The zero-order valence-corrected chi connectivity index (χ0v) is 10.0. The molecule has 0 atom stereocenters. The molecule has 2 heterocycles. The van der Waals surface area contributed by atoms with Crippen LogP contribution in [0.2, 0.25) is 0 Å². The van der Waals surface area contributed by atoms with Gasteiger partial charge in [0.2, 0.25) is 0 Å². The van der Waals surface area contributed by atoms with E-state index in [1.807, 2.05) is 6.07 Å². The Morgan fingerprint density at radius 2 is 2.27 bits per heavy atom. The number of hydrogen-bond acceptors (Lipinski definition) is 3. The number of aliphatic hydroxyl groups excluding tert-OH is 1. The molecular weight excluding hydrogens is 307 g/mol. The van der Waals surface area contributed by atoms with Crippen LogP contribution in [0.5, 0.6) is 0 Å². The van der Waals surface area contributed by atoms with Gasteiger partial charge in [0.1, 0.15) is 0 Å². The smallest absolute Gasteiger partial charge is 0.260 e. The fourth-order valence-corrected chi connectivity index (χ4v) is 2.27. The predicted molar refractivity (Wildman–Crippen MR) is 65.8 cm³/mol. The normalized spacial score (nSPS) is 10.8. The van der Waals surface area contributed by atoms with E-state index in [0.717, 1.165) is 8.96 Å². The second-order valence-electron chi connectivity index (χ2n) is 3.12. The van der Waals surface area contributed by atoms with Crippen molar-refractivity contribution in [1.82, 2.24) is 9.55 Å². The highest BCUT2D eigenvalue weighted by Crippen LogP contribution is 2.15. The van der Waals surface area contributed by atoms with E-state index in [1.54, 1.807) is 18.6 Å². The van der Waals surface area contributed by atoms with E-state index in [2.05, 4.69) is 27.6 Å². The zero-order chi connectivity index (χ0) is 10.8. The largest absolute Gasteiger partial charge is 0.395 e. The number of pyridine rings is 2. The highest BCUT2D eigenvalue weighted by Gasteiger charge is 2.05. The van der Waals surface area contributed by atoms with Gasteiger partial charge < -0.3 is 9.67 Å². The van der Waals surface area contributed by atoms with Crippen molar-refractivity contribution in [3.8, 4) is 0 Å². The molecule has 0 aliphatic carbocycles. The lowest BCUT2D eigenvalue weighted by Gasteiger charge is -2.06. The quantitative estimate of drug-likeness (QED) is 0.841. The molecule has 15 heavy (non-hydrogen) atoms. The van der Waals surface area contributed by atoms with Gasteiger partial charge in [0, 0.05) is 34.1 Å². The molecule has 5 heteroatoms. The van der Waals surface area contributed by atoms with Gasteiger partial charge in [0.25, 0.3) is 5.56 Å². The number of rotatable bonds is 2. The summed E-state index contributed by atoms with van der Waals surface area (Å²) in [5.41, 5.74) is -0.104. The molecule has 0 unspecified atom stereocenters. The molecule has 0 aromatic carbocycles. The maximum atomic E-state index is 11.9. The highest BCUT2D eigenvalue weighted by molar-refractivity contribution is 14.1. The summed E-state index contributed by atoms with van der Waals surface area (Å²) < 4.78 is 2.49. The van der Waals surface area contributed by atoms with Crippen molar-refractivity contribution in [2.75, 3.05) is 6.61 Å². The van der Waals surface area contributed by atoms with Crippen molar-refractivity contribution in [3.63, 3.8) is 0 Å². The monoisotopic (exact) mass is 316 g/mol. The molecular formula is C10H9IN2O2. The summed E-state index contributed by atoms with van der Waals surface area (Å²) in [5.74, 6) is 0. The van der Waals surface area contributed by atoms with Crippen molar-refractivity contribution in [3.05, 3.63) is 38.6 Å². The minimum Gasteiger partial charge on any atom is -0.395 e. The Balaban J connectivity index is 2.79. The average Bonchev–Trinajstić information content (AvgIpc) is 2.26. The number of fused-ring (bicyclic) bond motifs is 1. The van der Waals surface area contributed by atoms with Crippen molar-refractivity contribution in [2.24, 2.45) is 0 Å². The number of aliphatic hydroxyl groups is 1. The van der Waals surface area contributed by atoms with Gasteiger partial charge in [-0.1, -0.05) is 0 Å². The Labute approximate surface area is 99.7 Å². The molecule has 78 valence electrons. The number of halogens is 1. The summed E-state index contributed by atoms with van der Waals surface area (Å²) in [6, 6.07) is 1.82. The SMILES string of the molecule is O=c1c2cnccc2c(I)cn1CCO. The number of nitrogens with zero attached hydrogens (tertiary/aromatic N) is 2. The lowest BCUT2D eigenvalue weighted by Crippen LogP contribution is -2.22. The van der Waals surface area contributed by atoms with Crippen LogP contribution in [0.3, 0.4) is 0 Å². The number of aromatic nitrogens is 2. The van der Waals surface area contributed by atoms with Gasteiger partial charge in [-0.25, -0.2) is 0 Å². The molecule has 0 fully saturated rings. The van der Waals surface area contributed by atoms with Gasteiger partial charge in [-0.05, 0) is 28.7 Å². The van der Waals surface area contributed by atoms with Crippen LogP contribution in [0.25, 0.3) is 10.8 Å². The maximum Gasteiger partial charge on any atom is 0.260 e. The van der Waals surface area contributed by atoms with E-state index < -0.39 is 0 Å². The molecule has 0 bridgehead atoms. The topological polar surface area (TPSA) is 55.1 Å². The second-order valence-corrected chi connectivity index (χ2v) is 4.28. The van der Waals surface area contributed by atoms with Gasteiger partial charge >= 0.3 is 0 Å². The van der Waals surface area contributed by atoms with Gasteiger partial charge in [-0.3, -0.25) is 9.78 Å². The van der Waals surface area contributed by atoms with Crippen LogP contribution in [0.1, 0.15) is 0 Å². The van der Waals surface area contributed by atoms with E-state index in [1.165, 1.54) is 4.57 Å². The summed E-state index contributed by atoms with van der Waals surface area (Å²) in [7, 11) is 0. The lowest BCUT2D eigenvalue weighted by atomic mass is 10.2. The standard InChI is InChI=1S/C10H9IN2O2/c11-9-6-13(3-4-14)10(15)8-5-12-2-1-7(8)9/h1-2,5-6,14H,3-4H2. The summed E-state index contributed by atoms with van der Waals surface area (Å²) in [6.45, 7) is 0.279. The highest BCUT2D eigenvalue weighted by atomic mass is 127. The van der Waals surface area contributed by atoms with E-state index in [-0.39, 0.29) is 12.2 Å². The number of hydrogen-bond donors (Lipinski definition) is 1. The minimum atomic E-state index is -0.104. The Bertz CT molecular complexity index is 551. The van der Waals surface area contributed by atoms with E-state index in [4.69, 9.17) is 5.11 Å². The van der Waals surface area contributed by atoms with Gasteiger partial charge in [0.15, 0.2) is 0 Å². The lowest BCUT2D eigenvalue weighted by molar-refractivity contribution is 0.274. The molecule has 0 aliphatic rings. The van der Waals surface area contributed by atoms with Crippen molar-refractivity contribution in [1.29, 1.82) is 0 Å². The van der Waals surface area contributed by atoms with Crippen LogP contribution in [0.15, 0.2) is 29.5 Å². The molecule has 0 saturated heterocycles. The first-order valence-electron chi connectivity index (χ1n) is 4.47. The van der Waals surface area contributed by atoms with Crippen LogP contribution >= 0.6 is 22.6 Å². The molecule has 2 aromatic heterocycles. The summed E-state index contributed by atoms with van der Waals surface area (Å²) >= 11 is 2.17. The molecule has 0 amide bonds. The van der Waals surface area contributed by atoms with Crippen molar-refractivity contribution in [2.45, 2.75) is 6.54 Å². The van der Waals surface area contributed by atoms with Crippen LogP contribution < -0.4 is 5.56 Å². The first-order chi connectivity index (χ1) is 7.24. The van der Waals surface area contributed by atoms with Gasteiger partial charge in [-0.15, -0.1) is 0 Å². The van der Waals surface area contributed by atoms with Gasteiger partial charge in [0.05, 0.1) is 12.0 Å². The Morgan fingerprint density at radius 1 is 1.47 bits per heavy atom. The van der Waals surface area contributed by atoms with Crippen LogP contribution in [-0.2, 0) is 6.54 Å². The molecule has 2 aromatic rings. The molecule has 1 N–H and O–H groups in total. The predicted octanol–water partition coefficient (Wildman–Crippen LogP) is 0.993. The molecule has 0 radical (unpaired) electrons. The van der Waals surface area contributed by atoms with Crippen molar-refractivity contribution < 1.29 is 5.11 Å². The maximum absolute atomic E-state index is 11.9. The summed E-state index contributed by atoms with van der Waals surface area (Å²) in [6.07, 6.45) is 4.98. The zero-order valence-electron chi connectivity index (χ0n) is 7.85. The van der Waals surface area contributed by atoms with Crippen molar-refractivity contribution >= 4 is 33.4 Å². The second kappa shape index (κ2) is 4.28. The summed E-state index contributed by atoms with van der Waals surface area (Å²) in [4.78, 5) is 15.8. The molecule has 0 spiro atoms. The fraction of sp³-hybridized carbons (Fsp3) is 0.200. The first kappa shape index (κ1) is 10.6. The first-order valence-corrected chi connectivity index (χ1v) is 5.55. The van der Waals surface area contributed by atoms with E-state index in [0.29, 0.717) is 11.9 Å². The van der Waals surface area contributed by atoms with E-state index in [9.17, 15) is 4.79 Å². The Morgan fingerprint density at radius 3 is 3.00 bits per heavy atom. The third kappa shape index (κ3) is 1.89. The molecule has 2 rings (SSSR count).